The SMILES string of the molecule is COc1cc([N+](O)=Nc2ccc(NN=C3C(=O)c4c([O-])cc(S(=O)(=O)[O-])cc4C=C3S(=O)(=O)O)c(OC)c2)ccc1N=Nc1c(S(=O)(=O)O)cc2cc(S(=O)(=O)O)cc([O-])c2c1[O-].[Na+].[Na+].[Na+].[Na+]. The van der Waals surface area contributed by atoms with E-state index >= 15 is 0 Å². The maximum atomic E-state index is 13.3. The minimum atomic E-state index is -5.27. The third-order valence-corrected chi connectivity index (χ3v) is 12.0. The molecule has 5 aromatic rings. The topological polar surface area (TPSA) is 410 Å². The van der Waals surface area contributed by atoms with Crippen molar-refractivity contribution in [1.82, 2.24) is 0 Å². The van der Waals surface area contributed by atoms with Crippen LogP contribution in [-0.2, 0) is 40.5 Å². The third kappa shape index (κ3) is 13.2. The fraction of sp³-hybridized carbons (Fsp3) is 0.0588. The zero-order valence-electron chi connectivity index (χ0n) is 35.2. The minimum Gasteiger partial charge on any atom is -0.872 e. The van der Waals surface area contributed by atoms with Crippen LogP contribution in [0.3, 0.4) is 0 Å². The van der Waals surface area contributed by atoms with Crippen molar-refractivity contribution < 1.29 is 210 Å². The standard InChI is InChI=1S/C34H26N6O19S4.4Na/c1-58-25-11-17(3-5-21(25)35-37-31-27(62(52,53)54)9-15-7-19(60(46,47)48)13-23(41)29(15)33(31)43)39-40(45)18-4-6-22(26(12-18)59-2)36-38-32-28(63(55,56)57)10-16-8-20(61(49,50)51)14-24(42)30(16)34(32)44;;;;/h3-14,45H,1-2H3,(H7,36,41,42,43,44,46,47,48,49,50,51,52,53,54,55,56,57);;;;/q;4*+1/p-3. The van der Waals surface area contributed by atoms with Gasteiger partial charge in [-0.25, -0.2) is 8.42 Å². The van der Waals surface area contributed by atoms with Crippen LogP contribution < -0.4 is 148 Å². The summed E-state index contributed by atoms with van der Waals surface area (Å²) in [5.74, 6) is -5.50. The predicted molar refractivity (Wildman–Crippen MR) is 205 cm³/mol. The molecule has 0 amide bonds. The van der Waals surface area contributed by atoms with Crippen LogP contribution in [0.2, 0.25) is 0 Å². The van der Waals surface area contributed by atoms with Crippen molar-refractivity contribution in [3.63, 3.8) is 0 Å². The Kier molecular flexibility index (Phi) is 20.4. The zero-order valence-corrected chi connectivity index (χ0v) is 46.5. The minimum absolute atomic E-state index is 0. The molecule has 0 fully saturated rings. The van der Waals surface area contributed by atoms with Crippen LogP contribution in [-0.4, -0.2) is 87.7 Å². The van der Waals surface area contributed by atoms with Gasteiger partial charge in [0.15, 0.2) is 11.5 Å². The monoisotopic (exact) mass is 1040 g/mol. The van der Waals surface area contributed by atoms with E-state index in [9.17, 15) is 77.2 Å². The third-order valence-electron chi connectivity index (χ3n) is 8.61. The van der Waals surface area contributed by atoms with E-state index in [1.165, 1.54) is 31.4 Å². The van der Waals surface area contributed by atoms with Crippen molar-refractivity contribution in [2.45, 2.75) is 14.7 Å². The molecule has 0 saturated carbocycles. The Bertz CT molecular complexity index is 3430. The number of methoxy groups -OCH3 is 2. The maximum absolute atomic E-state index is 13.3. The van der Waals surface area contributed by atoms with Crippen LogP contribution in [0.1, 0.15) is 15.9 Å². The molecule has 25 nitrogen and oxygen atoms in total. The second kappa shape index (κ2) is 22.7. The molecule has 1 aliphatic carbocycles. The van der Waals surface area contributed by atoms with E-state index < -0.39 is 116 Å². The molecule has 0 heterocycles. The molecule has 67 heavy (non-hydrogen) atoms. The van der Waals surface area contributed by atoms with Crippen molar-refractivity contribution in [2.24, 2.45) is 20.4 Å². The number of carbonyl (C=O) groups is 1. The number of benzene rings is 5. The van der Waals surface area contributed by atoms with E-state index in [2.05, 4.69) is 25.9 Å². The summed E-state index contributed by atoms with van der Waals surface area (Å²) in [5.41, 5.74) is -1.48. The molecule has 0 aliphatic heterocycles. The van der Waals surface area contributed by atoms with Crippen LogP contribution >= 0.6 is 0 Å². The van der Waals surface area contributed by atoms with Crippen molar-refractivity contribution in [1.29, 1.82) is 0 Å². The van der Waals surface area contributed by atoms with Gasteiger partial charge in [0.05, 0.1) is 46.6 Å². The van der Waals surface area contributed by atoms with Crippen molar-refractivity contribution in [3.8, 4) is 28.7 Å². The molecule has 33 heteroatoms. The Hall–Kier alpha value is -3.12. The van der Waals surface area contributed by atoms with Gasteiger partial charge in [-0.15, -0.1) is 16.0 Å². The quantitative estimate of drug-likeness (QED) is 0.0255. The number of ether oxygens (including phenoxy) is 2. The number of fused-ring (bicyclic) bond motifs is 2. The molecule has 0 aromatic heterocycles. The summed E-state index contributed by atoms with van der Waals surface area (Å²) < 4.78 is 146. The molecular formula is C34H23N6Na4O19S4+. The van der Waals surface area contributed by atoms with Gasteiger partial charge in [0.1, 0.15) is 41.9 Å². The van der Waals surface area contributed by atoms with Gasteiger partial charge in [-0.1, -0.05) is 17.6 Å². The van der Waals surface area contributed by atoms with E-state index in [1.54, 1.807) is 0 Å². The molecule has 330 valence electrons. The fourth-order valence-electron chi connectivity index (χ4n) is 5.80. The van der Waals surface area contributed by atoms with Gasteiger partial charge in [0, 0.05) is 17.7 Å². The summed E-state index contributed by atoms with van der Waals surface area (Å²) in [7, 11) is -18.4. The van der Waals surface area contributed by atoms with Gasteiger partial charge in [-0.2, -0.15) is 30.4 Å². The summed E-state index contributed by atoms with van der Waals surface area (Å²) in [6.07, 6.45) is 0.577. The predicted octanol–water partition coefficient (Wildman–Crippen LogP) is -9.38. The number of Topliss-reactive ketones (excluding diaryl/α,β-unsaturated/α-hetero) is 1. The number of carbonyl (C=O) groups excluding carboxylic acids is 1. The average Bonchev–Trinajstić information content (AvgIpc) is 3.18. The number of nitrogens with zero attached hydrogens (tertiary/aromatic N) is 5. The van der Waals surface area contributed by atoms with Crippen molar-refractivity contribution >= 4 is 97.3 Å². The molecule has 0 spiro atoms. The van der Waals surface area contributed by atoms with Crippen LogP contribution in [0.25, 0.3) is 16.8 Å². The molecule has 0 radical (unpaired) electrons. The number of anilines is 1. The summed E-state index contributed by atoms with van der Waals surface area (Å²) in [5, 5.41) is 63.2. The van der Waals surface area contributed by atoms with E-state index in [-0.39, 0.29) is 152 Å². The summed E-state index contributed by atoms with van der Waals surface area (Å²) in [4.78, 5) is 9.28. The summed E-state index contributed by atoms with van der Waals surface area (Å²) in [6, 6.07) is 9.75. The summed E-state index contributed by atoms with van der Waals surface area (Å²) in [6.45, 7) is 0. The molecule has 0 saturated heterocycles. The number of hydrogen-bond donors (Lipinski definition) is 5. The van der Waals surface area contributed by atoms with Crippen LogP contribution in [0, 0.1) is 0 Å². The summed E-state index contributed by atoms with van der Waals surface area (Å²) >= 11 is 0. The van der Waals surface area contributed by atoms with Crippen LogP contribution in [0.4, 0.5) is 28.4 Å². The molecule has 0 unspecified atom stereocenters. The molecule has 1 aliphatic rings. The van der Waals surface area contributed by atoms with Gasteiger partial charge in [-0.3, -0.25) is 29.1 Å². The zero-order chi connectivity index (χ0) is 46.6. The van der Waals surface area contributed by atoms with E-state index in [0.29, 0.717) is 41.3 Å². The van der Waals surface area contributed by atoms with Gasteiger partial charge in [0.2, 0.25) is 5.78 Å². The molecule has 6 rings (SSSR count). The van der Waals surface area contributed by atoms with Gasteiger partial charge >= 0.3 is 118 Å². The molecular weight excluding hydrogens is 1020 g/mol. The van der Waals surface area contributed by atoms with Gasteiger partial charge in [-0.05, 0) is 64.9 Å². The number of allylic oxidation sites excluding steroid dienone is 1. The largest absolute Gasteiger partial charge is 1.00 e. The van der Waals surface area contributed by atoms with Crippen LogP contribution in [0.5, 0.6) is 28.7 Å². The van der Waals surface area contributed by atoms with E-state index in [1.807, 2.05) is 0 Å². The number of hydrazone groups is 1. The molecule has 5 N–H and O–H groups in total. The van der Waals surface area contributed by atoms with E-state index in [4.69, 9.17) is 9.47 Å². The fourth-order valence-corrected chi connectivity index (χ4v) is 8.16. The Morgan fingerprint density at radius 1 is 0.701 bits per heavy atom. The first-order chi connectivity index (χ1) is 29.2. The number of rotatable bonds is 12. The number of azo groups is 2. The number of ketones is 1. The average molecular weight is 1040 g/mol. The van der Waals surface area contributed by atoms with Gasteiger partial charge in [0.25, 0.3) is 36.0 Å². The Morgan fingerprint density at radius 3 is 1.90 bits per heavy atom. The van der Waals surface area contributed by atoms with Crippen molar-refractivity contribution in [3.05, 3.63) is 82.8 Å². The molecule has 0 bridgehead atoms. The first-order valence-corrected chi connectivity index (χ1v) is 22.3. The van der Waals surface area contributed by atoms with E-state index in [0.717, 1.165) is 19.2 Å². The Morgan fingerprint density at radius 2 is 1.33 bits per heavy atom. The molecule has 0 atom stereocenters. The molecule has 5 aromatic carbocycles. The normalized spacial score (nSPS) is 13.6. The maximum Gasteiger partial charge on any atom is 1.00 e. The Labute approximate surface area is 467 Å². The first kappa shape index (κ1) is 60.0. The van der Waals surface area contributed by atoms with Crippen molar-refractivity contribution in [2.75, 3.05) is 19.6 Å². The smallest absolute Gasteiger partial charge is 0.872 e. The number of hydrogen-bond acceptors (Lipinski definition) is 20. The number of nitrogens with one attached hydrogen (secondary N) is 1. The van der Waals surface area contributed by atoms with Gasteiger partial charge < -0.3 is 29.3 Å². The first-order valence-electron chi connectivity index (χ1n) is 16.5. The Balaban J connectivity index is 0.00000385. The second-order valence-corrected chi connectivity index (χ2v) is 18.2. The van der Waals surface area contributed by atoms with Crippen LogP contribution in [0.15, 0.2) is 107 Å². The second-order valence-electron chi connectivity index (χ2n) is 12.6.